The molecule has 0 amide bonds. The molecule has 0 bridgehead atoms. The minimum Gasteiger partial charge on any atom is -0.312 e. The Balaban J connectivity index is 2.06. The summed E-state index contributed by atoms with van der Waals surface area (Å²) in [5.74, 6) is 0.628. The van der Waals surface area contributed by atoms with Gasteiger partial charge in [0, 0.05) is 40.6 Å². The van der Waals surface area contributed by atoms with Crippen LogP contribution in [0.5, 0.6) is 0 Å². The molecule has 0 spiro atoms. The van der Waals surface area contributed by atoms with E-state index in [0.717, 1.165) is 10.3 Å². The molecule has 0 aliphatic heterocycles. The molecule has 146 valence electrons. The van der Waals surface area contributed by atoms with Crippen LogP contribution in [0.2, 0.25) is 10.0 Å². The average Bonchev–Trinajstić information content (AvgIpc) is 3.13. The monoisotopic (exact) mass is 419 g/mol. The molecule has 4 rings (SSSR count). The van der Waals surface area contributed by atoms with Gasteiger partial charge >= 0.3 is 5.69 Å². The van der Waals surface area contributed by atoms with Gasteiger partial charge in [-0.25, -0.2) is 4.79 Å². The fraction of sp³-hybridized carbons (Fsp3) is 0.316. The lowest BCUT2D eigenvalue weighted by Crippen LogP contribution is -2.39. The summed E-state index contributed by atoms with van der Waals surface area (Å²) in [5.41, 5.74) is 1.31. The van der Waals surface area contributed by atoms with Crippen LogP contribution >= 0.6 is 23.2 Å². The Kier molecular flexibility index (Phi) is 4.39. The first kappa shape index (κ1) is 18.8. The van der Waals surface area contributed by atoms with Gasteiger partial charge in [0.1, 0.15) is 0 Å². The number of benzene rings is 1. The molecule has 3 aromatic heterocycles. The second kappa shape index (κ2) is 6.53. The number of halogens is 2. The van der Waals surface area contributed by atoms with Gasteiger partial charge in [-0.05, 0) is 32.9 Å². The Morgan fingerprint density at radius 2 is 1.79 bits per heavy atom. The minimum absolute atomic E-state index is 0.0168. The normalized spacial score (nSPS) is 12.0. The number of aromatic nitrogens is 5. The van der Waals surface area contributed by atoms with Crippen LogP contribution < -0.4 is 11.2 Å². The molecule has 28 heavy (non-hydrogen) atoms. The SMILES string of the molecule is Cc1cn2c3c(=O)n(Cc4c(Cl)cccc4Cl)c(=O)n(C)c3nc2n1C(C)C. The smallest absolute Gasteiger partial charge is 0.312 e. The average molecular weight is 420 g/mol. The molecule has 0 fully saturated rings. The molecule has 0 saturated heterocycles. The van der Waals surface area contributed by atoms with Crippen LogP contribution in [0.25, 0.3) is 16.9 Å². The molecular weight excluding hydrogens is 401 g/mol. The summed E-state index contributed by atoms with van der Waals surface area (Å²) < 4.78 is 6.30. The van der Waals surface area contributed by atoms with Crippen molar-refractivity contribution < 1.29 is 0 Å². The van der Waals surface area contributed by atoms with Crippen molar-refractivity contribution in [1.29, 1.82) is 0 Å². The molecule has 0 unspecified atom stereocenters. The molecule has 0 radical (unpaired) electrons. The van der Waals surface area contributed by atoms with Crippen LogP contribution in [-0.4, -0.2) is 23.1 Å². The summed E-state index contributed by atoms with van der Waals surface area (Å²) in [6, 6.07) is 5.24. The summed E-state index contributed by atoms with van der Waals surface area (Å²) in [7, 11) is 1.60. The predicted octanol–water partition coefficient (Wildman–Crippen LogP) is 3.39. The Hall–Kier alpha value is -2.51. The zero-order valence-corrected chi connectivity index (χ0v) is 17.4. The largest absolute Gasteiger partial charge is 0.332 e. The Labute approximate surface area is 170 Å². The molecular formula is C19H19Cl2N5O2. The van der Waals surface area contributed by atoms with Crippen LogP contribution in [0.15, 0.2) is 34.0 Å². The van der Waals surface area contributed by atoms with Gasteiger partial charge in [-0.3, -0.25) is 18.3 Å². The fourth-order valence-electron chi connectivity index (χ4n) is 3.65. The third-order valence-corrected chi connectivity index (χ3v) is 5.67. The quantitative estimate of drug-likeness (QED) is 0.510. The first-order valence-electron chi connectivity index (χ1n) is 8.84. The molecule has 0 aliphatic rings. The molecule has 7 nitrogen and oxygen atoms in total. The first-order chi connectivity index (χ1) is 13.2. The van der Waals surface area contributed by atoms with Crippen molar-refractivity contribution in [2.24, 2.45) is 7.05 Å². The van der Waals surface area contributed by atoms with Crippen LogP contribution in [0.4, 0.5) is 0 Å². The lowest BCUT2D eigenvalue weighted by molar-refractivity contribution is 0.601. The summed E-state index contributed by atoms with van der Waals surface area (Å²) in [5, 5.41) is 0.809. The van der Waals surface area contributed by atoms with E-state index in [1.54, 1.807) is 29.6 Å². The van der Waals surface area contributed by atoms with Crippen molar-refractivity contribution in [1.82, 2.24) is 23.1 Å². The van der Waals surface area contributed by atoms with Crippen molar-refractivity contribution in [3.63, 3.8) is 0 Å². The third kappa shape index (κ3) is 2.61. The highest BCUT2D eigenvalue weighted by Gasteiger charge is 2.21. The number of imidazole rings is 2. The van der Waals surface area contributed by atoms with E-state index in [1.807, 2.05) is 31.5 Å². The number of hydrogen-bond donors (Lipinski definition) is 0. The van der Waals surface area contributed by atoms with E-state index < -0.39 is 11.2 Å². The maximum Gasteiger partial charge on any atom is 0.332 e. The van der Waals surface area contributed by atoms with E-state index in [9.17, 15) is 9.59 Å². The van der Waals surface area contributed by atoms with Gasteiger partial charge in [0.25, 0.3) is 5.56 Å². The van der Waals surface area contributed by atoms with Crippen LogP contribution in [-0.2, 0) is 13.6 Å². The van der Waals surface area contributed by atoms with E-state index in [1.165, 1.54) is 4.57 Å². The van der Waals surface area contributed by atoms with Gasteiger partial charge in [-0.1, -0.05) is 29.3 Å². The van der Waals surface area contributed by atoms with E-state index in [4.69, 9.17) is 23.2 Å². The molecule has 3 heterocycles. The fourth-order valence-corrected chi connectivity index (χ4v) is 4.16. The van der Waals surface area contributed by atoms with Crippen molar-refractivity contribution in [3.8, 4) is 0 Å². The predicted molar refractivity (Wildman–Crippen MR) is 111 cm³/mol. The van der Waals surface area contributed by atoms with Crippen molar-refractivity contribution in [2.45, 2.75) is 33.4 Å². The van der Waals surface area contributed by atoms with Crippen LogP contribution in [0.1, 0.15) is 31.1 Å². The number of nitrogens with zero attached hydrogens (tertiary/aromatic N) is 5. The minimum atomic E-state index is -0.470. The molecule has 0 atom stereocenters. The van der Waals surface area contributed by atoms with E-state index in [0.29, 0.717) is 32.6 Å². The number of fused-ring (bicyclic) bond motifs is 3. The highest BCUT2D eigenvalue weighted by atomic mass is 35.5. The Morgan fingerprint density at radius 3 is 2.39 bits per heavy atom. The first-order valence-corrected chi connectivity index (χ1v) is 9.60. The van der Waals surface area contributed by atoms with Crippen LogP contribution in [0.3, 0.4) is 0 Å². The summed E-state index contributed by atoms with van der Waals surface area (Å²) >= 11 is 12.5. The van der Waals surface area contributed by atoms with Gasteiger partial charge in [-0.15, -0.1) is 0 Å². The summed E-state index contributed by atoms with van der Waals surface area (Å²) in [4.78, 5) is 30.8. The lowest BCUT2D eigenvalue weighted by Gasteiger charge is -2.11. The summed E-state index contributed by atoms with van der Waals surface area (Å²) in [6.45, 7) is 6.04. The maximum atomic E-state index is 13.3. The topological polar surface area (TPSA) is 66.2 Å². The molecule has 4 aromatic rings. The molecule has 0 aliphatic carbocycles. The second-order valence-corrected chi connectivity index (χ2v) is 7.94. The third-order valence-electron chi connectivity index (χ3n) is 4.96. The highest BCUT2D eigenvalue weighted by molar-refractivity contribution is 6.35. The zero-order chi connectivity index (χ0) is 20.3. The Morgan fingerprint density at radius 1 is 1.14 bits per heavy atom. The van der Waals surface area contributed by atoms with Crippen molar-refractivity contribution >= 4 is 40.1 Å². The maximum absolute atomic E-state index is 13.3. The van der Waals surface area contributed by atoms with Gasteiger partial charge in [-0.2, -0.15) is 4.98 Å². The number of aryl methyl sites for hydroxylation is 2. The van der Waals surface area contributed by atoms with Crippen LogP contribution in [0, 0.1) is 6.92 Å². The summed E-state index contributed by atoms with van der Waals surface area (Å²) in [6.07, 6.45) is 1.86. The van der Waals surface area contributed by atoms with Crippen molar-refractivity contribution in [3.05, 3.63) is 66.5 Å². The van der Waals surface area contributed by atoms with Gasteiger partial charge in [0.15, 0.2) is 11.2 Å². The van der Waals surface area contributed by atoms with E-state index >= 15 is 0 Å². The molecule has 1 aromatic carbocycles. The van der Waals surface area contributed by atoms with Gasteiger partial charge < -0.3 is 4.57 Å². The molecule has 0 saturated carbocycles. The van der Waals surface area contributed by atoms with E-state index in [-0.39, 0.29) is 12.6 Å². The lowest BCUT2D eigenvalue weighted by atomic mass is 10.2. The van der Waals surface area contributed by atoms with Gasteiger partial charge in [0.2, 0.25) is 5.78 Å². The van der Waals surface area contributed by atoms with Gasteiger partial charge in [0.05, 0.1) is 6.54 Å². The Bertz CT molecular complexity index is 1340. The number of hydrogen-bond acceptors (Lipinski definition) is 3. The zero-order valence-electron chi connectivity index (χ0n) is 15.9. The van der Waals surface area contributed by atoms with E-state index in [2.05, 4.69) is 4.98 Å². The molecule has 9 heteroatoms. The standard InChI is InChI=1S/C19H19Cl2N5O2/c1-10(2)26-11(3)8-24-15-16(22-18(24)26)23(4)19(28)25(17(15)27)9-12-13(20)6-5-7-14(12)21/h5-8,10H,9H2,1-4H3. The second-order valence-electron chi connectivity index (χ2n) is 7.12. The number of rotatable bonds is 3. The molecule has 0 N–H and O–H groups in total. The van der Waals surface area contributed by atoms with Crippen molar-refractivity contribution in [2.75, 3.05) is 0 Å². The highest BCUT2D eigenvalue weighted by Crippen LogP contribution is 2.25.